The van der Waals surface area contributed by atoms with Crippen molar-refractivity contribution in [3.8, 4) is 0 Å². The second-order valence-corrected chi connectivity index (χ2v) is 5.50. The molecule has 2 fully saturated rings. The van der Waals surface area contributed by atoms with Gasteiger partial charge in [0.05, 0.1) is 17.6 Å². The monoisotopic (exact) mass is 246 g/mol. The molecule has 4 heteroatoms. The van der Waals surface area contributed by atoms with E-state index in [0.717, 1.165) is 24.0 Å². The topological polar surface area (TPSA) is 45.4 Å². The molecule has 0 aromatic carbocycles. The molecule has 2 aliphatic heterocycles. The van der Waals surface area contributed by atoms with Crippen LogP contribution in [-0.2, 0) is 6.54 Å². The second kappa shape index (κ2) is 5.24. The molecule has 18 heavy (non-hydrogen) atoms. The van der Waals surface area contributed by atoms with Gasteiger partial charge in [-0.25, -0.2) is 0 Å². The first-order valence-corrected chi connectivity index (χ1v) is 6.98. The van der Waals surface area contributed by atoms with Crippen molar-refractivity contribution >= 4 is 5.69 Å². The molecular weight excluding hydrogens is 224 g/mol. The summed E-state index contributed by atoms with van der Waals surface area (Å²) in [6.45, 7) is 5.94. The zero-order valence-electron chi connectivity index (χ0n) is 10.9. The van der Waals surface area contributed by atoms with E-state index in [-0.39, 0.29) is 0 Å². The minimum atomic E-state index is 0.747. The standard InChI is InChI=1S/C14H22N4/c15-12-4-5-13(16-9-12)10-17-6-2-8-18-7-1-3-14(18)11-17/h4-5,9,14H,1-3,6-8,10-11,15H2. The lowest BCUT2D eigenvalue weighted by molar-refractivity contribution is 0.214. The average molecular weight is 246 g/mol. The van der Waals surface area contributed by atoms with E-state index >= 15 is 0 Å². The summed E-state index contributed by atoms with van der Waals surface area (Å²) in [5.41, 5.74) is 7.55. The van der Waals surface area contributed by atoms with Crippen LogP contribution in [0.4, 0.5) is 5.69 Å². The van der Waals surface area contributed by atoms with Crippen LogP contribution in [0.5, 0.6) is 0 Å². The average Bonchev–Trinajstić information content (AvgIpc) is 2.71. The van der Waals surface area contributed by atoms with Crippen LogP contribution in [0.25, 0.3) is 0 Å². The minimum Gasteiger partial charge on any atom is -0.397 e. The van der Waals surface area contributed by atoms with Gasteiger partial charge >= 0.3 is 0 Å². The lowest BCUT2D eigenvalue weighted by Gasteiger charge is -2.25. The molecule has 2 aliphatic rings. The number of pyridine rings is 1. The maximum Gasteiger partial charge on any atom is 0.0545 e. The molecule has 0 saturated carbocycles. The van der Waals surface area contributed by atoms with E-state index in [4.69, 9.17) is 5.73 Å². The van der Waals surface area contributed by atoms with Gasteiger partial charge in [0.25, 0.3) is 0 Å². The van der Waals surface area contributed by atoms with E-state index in [0.29, 0.717) is 0 Å². The Hall–Kier alpha value is -1.13. The fraction of sp³-hybridized carbons (Fsp3) is 0.643. The Labute approximate surface area is 109 Å². The molecule has 0 aliphatic carbocycles. The number of anilines is 1. The molecule has 1 aromatic rings. The Morgan fingerprint density at radius 3 is 2.94 bits per heavy atom. The van der Waals surface area contributed by atoms with Crippen molar-refractivity contribution in [3.63, 3.8) is 0 Å². The lowest BCUT2D eigenvalue weighted by atomic mass is 10.2. The number of nitrogens with zero attached hydrogens (tertiary/aromatic N) is 3. The number of aromatic nitrogens is 1. The molecule has 1 aromatic heterocycles. The van der Waals surface area contributed by atoms with Crippen LogP contribution in [0.1, 0.15) is 25.0 Å². The number of hydrogen-bond donors (Lipinski definition) is 1. The van der Waals surface area contributed by atoms with Gasteiger partial charge in [-0.3, -0.25) is 14.8 Å². The molecule has 0 radical (unpaired) electrons. The highest BCUT2D eigenvalue weighted by molar-refractivity contribution is 5.34. The number of hydrogen-bond acceptors (Lipinski definition) is 4. The molecule has 1 atom stereocenters. The molecular formula is C14H22N4. The van der Waals surface area contributed by atoms with E-state index in [1.54, 1.807) is 6.20 Å². The molecule has 98 valence electrons. The SMILES string of the molecule is Nc1ccc(CN2CCCN3CCCC3C2)nc1. The van der Waals surface area contributed by atoms with E-state index in [1.165, 1.54) is 45.4 Å². The zero-order chi connectivity index (χ0) is 12.4. The van der Waals surface area contributed by atoms with Crippen LogP contribution in [0, 0.1) is 0 Å². The van der Waals surface area contributed by atoms with Crippen molar-refractivity contribution in [1.29, 1.82) is 0 Å². The van der Waals surface area contributed by atoms with Gasteiger partial charge in [-0.05, 0) is 51.0 Å². The molecule has 2 N–H and O–H groups in total. The van der Waals surface area contributed by atoms with Crippen molar-refractivity contribution < 1.29 is 0 Å². The largest absolute Gasteiger partial charge is 0.397 e. The van der Waals surface area contributed by atoms with Gasteiger partial charge in [-0.2, -0.15) is 0 Å². The third-order valence-corrected chi connectivity index (χ3v) is 4.12. The number of nitrogens with two attached hydrogens (primary N) is 1. The molecule has 3 heterocycles. The quantitative estimate of drug-likeness (QED) is 0.855. The van der Waals surface area contributed by atoms with Gasteiger partial charge in [0.1, 0.15) is 0 Å². The van der Waals surface area contributed by atoms with Crippen molar-refractivity contribution in [2.75, 3.05) is 31.9 Å². The van der Waals surface area contributed by atoms with Gasteiger partial charge in [-0.1, -0.05) is 0 Å². The predicted molar refractivity (Wildman–Crippen MR) is 73.1 cm³/mol. The Kier molecular flexibility index (Phi) is 3.48. The summed E-state index contributed by atoms with van der Waals surface area (Å²) in [4.78, 5) is 9.62. The first-order valence-electron chi connectivity index (χ1n) is 6.98. The summed E-state index contributed by atoms with van der Waals surface area (Å²) < 4.78 is 0. The maximum atomic E-state index is 5.67. The smallest absolute Gasteiger partial charge is 0.0545 e. The van der Waals surface area contributed by atoms with E-state index in [1.807, 2.05) is 12.1 Å². The first-order chi connectivity index (χ1) is 8.81. The van der Waals surface area contributed by atoms with Crippen molar-refractivity contribution in [3.05, 3.63) is 24.0 Å². The Morgan fingerprint density at radius 2 is 2.11 bits per heavy atom. The third-order valence-electron chi connectivity index (χ3n) is 4.12. The third kappa shape index (κ3) is 2.65. The van der Waals surface area contributed by atoms with Gasteiger partial charge in [0.2, 0.25) is 0 Å². The van der Waals surface area contributed by atoms with Gasteiger partial charge in [0, 0.05) is 19.1 Å². The van der Waals surface area contributed by atoms with Crippen molar-refractivity contribution in [1.82, 2.24) is 14.8 Å². The molecule has 0 bridgehead atoms. The van der Waals surface area contributed by atoms with E-state index < -0.39 is 0 Å². The Morgan fingerprint density at radius 1 is 1.22 bits per heavy atom. The summed E-state index contributed by atoms with van der Waals surface area (Å²) in [6.07, 6.45) is 5.78. The fourth-order valence-electron chi connectivity index (χ4n) is 3.19. The van der Waals surface area contributed by atoms with Crippen molar-refractivity contribution in [2.45, 2.75) is 31.8 Å². The van der Waals surface area contributed by atoms with E-state index in [9.17, 15) is 0 Å². The molecule has 3 rings (SSSR count). The molecule has 1 unspecified atom stereocenters. The van der Waals surface area contributed by atoms with Crippen LogP contribution in [0.2, 0.25) is 0 Å². The van der Waals surface area contributed by atoms with E-state index in [2.05, 4.69) is 14.8 Å². The summed E-state index contributed by atoms with van der Waals surface area (Å²) in [5, 5.41) is 0. The highest BCUT2D eigenvalue weighted by Crippen LogP contribution is 2.22. The fourth-order valence-corrected chi connectivity index (χ4v) is 3.19. The molecule has 2 saturated heterocycles. The lowest BCUT2D eigenvalue weighted by Crippen LogP contribution is -2.36. The number of rotatable bonds is 2. The highest BCUT2D eigenvalue weighted by Gasteiger charge is 2.28. The second-order valence-electron chi connectivity index (χ2n) is 5.50. The van der Waals surface area contributed by atoms with Gasteiger partial charge < -0.3 is 5.73 Å². The highest BCUT2D eigenvalue weighted by atomic mass is 15.3. The van der Waals surface area contributed by atoms with Crippen LogP contribution in [0.15, 0.2) is 18.3 Å². The maximum absolute atomic E-state index is 5.67. The van der Waals surface area contributed by atoms with Crippen LogP contribution in [-0.4, -0.2) is 47.0 Å². The summed E-state index contributed by atoms with van der Waals surface area (Å²) in [7, 11) is 0. The van der Waals surface area contributed by atoms with Crippen LogP contribution < -0.4 is 5.73 Å². The number of nitrogen functional groups attached to an aromatic ring is 1. The number of fused-ring (bicyclic) bond motifs is 1. The summed E-state index contributed by atoms with van der Waals surface area (Å²) >= 11 is 0. The van der Waals surface area contributed by atoms with Gasteiger partial charge in [-0.15, -0.1) is 0 Å². The molecule has 0 amide bonds. The van der Waals surface area contributed by atoms with Crippen molar-refractivity contribution in [2.24, 2.45) is 0 Å². The zero-order valence-corrected chi connectivity index (χ0v) is 10.9. The predicted octanol–water partition coefficient (Wildman–Crippen LogP) is 1.33. The first kappa shape index (κ1) is 11.9. The molecule has 4 nitrogen and oxygen atoms in total. The van der Waals surface area contributed by atoms with Gasteiger partial charge in [0.15, 0.2) is 0 Å². The summed E-state index contributed by atoms with van der Waals surface area (Å²) in [6, 6.07) is 4.77. The van der Waals surface area contributed by atoms with Crippen LogP contribution in [0.3, 0.4) is 0 Å². The minimum absolute atomic E-state index is 0.747. The molecule has 0 spiro atoms. The summed E-state index contributed by atoms with van der Waals surface area (Å²) in [5.74, 6) is 0. The Balaban J connectivity index is 1.63. The normalized spacial score (nSPS) is 25.9. The van der Waals surface area contributed by atoms with Crippen LogP contribution >= 0.6 is 0 Å². The Bertz CT molecular complexity index is 389.